The molecule has 1 unspecified atom stereocenters. The van der Waals surface area contributed by atoms with Gasteiger partial charge in [-0.05, 0) is 54.6 Å². The predicted molar refractivity (Wildman–Crippen MR) is 147 cm³/mol. The lowest BCUT2D eigenvalue weighted by Crippen LogP contribution is -2.41. The Morgan fingerprint density at radius 1 is 1.00 bits per heavy atom. The van der Waals surface area contributed by atoms with Gasteiger partial charge in [0.25, 0.3) is 0 Å². The average Bonchev–Trinajstić information content (AvgIpc) is 2.78. The molecule has 5 heteroatoms. The van der Waals surface area contributed by atoms with Crippen LogP contribution in [0.4, 0.5) is 0 Å². The minimum absolute atomic E-state index is 0.0195. The summed E-state index contributed by atoms with van der Waals surface area (Å²) >= 11 is 0. The molecule has 0 heterocycles. The van der Waals surface area contributed by atoms with Crippen LogP contribution in [0.5, 0.6) is 0 Å². The largest absolute Gasteiger partial charge is 0.546 e. The van der Waals surface area contributed by atoms with Gasteiger partial charge in [-0.2, -0.15) is 0 Å². The normalized spacial score (nSPS) is 14.5. The molecule has 190 valence electrons. The van der Waals surface area contributed by atoms with Crippen molar-refractivity contribution in [2.75, 3.05) is 0 Å². The van der Waals surface area contributed by atoms with E-state index >= 15 is 0 Å². The monoisotopic (exact) mass is 494 g/mol. The van der Waals surface area contributed by atoms with E-state index in [0.717, 1.165) is 22.5 Å². The van der Waals surface area contributed by atoms with Crippen LogP contribution in [0.2, 0.25) is 18.1 Å². The fourth-order valence-corrected chi connectivity index (χ4v) is 4.66. The highest BCUT2D eigenvalue weighted by molar-refractivity contribution is 6.74. The summed E-state index contributed by atoms with van der Waals surface area (Å²) < 4.78 is 18.9. The Bertz CT molecular complexity index is 974. The highest BCUT2D eigenvalue weighted by Gasteiger charge is 2.40. The number of esters is 1. The van der Waals surface area contributed by atoms with E-state index in [1.807, 2.05) is 42.5 Å². The Morgan fingerprint density at radius 2 is 1.57 bits per heavy atom. The zero-order valence-corrected chi connectivity index (χ0v) is 23.5. The second-order valence-electron chi connectivity index (χ2n) is 10.5. The third-order valence-electron chi connectivity index (χ3n) is 6.54. The molecule has 0 aliphatic carbocycles. The Hall–Kier alpha value is -2.63. The van der Waals surface area contributed by atoms with Crippen molar-refractivity contribution in [2.24, 2.45) is 0 Å². The van der Waals surface area contributed by atoms with Gasteiger partial charge in [-0.3, -0.25) is 4.79 Å². The second-order valence-corrected chi connectivity index (χ2v) is 15.2. The molecule has 0 radical (unpaired) electrons. The number of hydrogen-bond donors (Lipinski definition) is 0. The zero-order chi connectivity index (χ0) is 26.1. The van der Waals surface area contributed by atoms with Gasteiger partial charge in [-0.1, -0.05) is 87.5 Å². The van der Waals surface area contributed by atoms with Crippen LogP contribution in [0.25, 0.3) is 5.57 Å². The molecule has 0 spiro atoms. The molecule has 0 saturated heterocycles. The Labute approximate surface area is 213 Å². The standard InChI is InChI=1S/C30H42O4Si/c1-9-16-27(21-25-17-12-10-13-18-25)33-29(32-24(3)31)22-28(34-35(7,8)30(4,5)6)23(2)26-19-14-11-15-20-26/h9-15,17-20,27,29H,1,16,21-22H2,2-8H3/b28-23-/t27-,29?/m0/s1. The first-order valence-electron chi connectivity index (χ1n) is 12.3. The van der Waals surface area contributed by atoms with Gasteiger partial charge >= 0.3 is 5.97 Å². The van der Waals surface area contributed by atoms with Crippen molar-refractivity contribution in [1.82, 2.24) is 0 Å². The topological polar surface area (TPSA) is 44.8 Å². The summed E-state index contributed by atoms with van der Waals surface area (Å²) in [4.78, 5) is 12.0. The van der Waals surface area contributed by atoms with Gasteiger partial charge in [0, 0.05) is 6.92 Å². The summed E-state index contributed by atoms with van der Waals surface area (Å²) in [6.07, 6.45) is 2.59. The summed E-state index contributed by atoms with van der Waals surface area (Å²) in [5.41, 5.74) is 3.27. The maximum Gasteiger partial charge on any atom is 0.304 e. The van der Waals surface area contributed by atoms with E-state index in [9.17, 15) is 4.79 Å². The SMILES string of the molecule is C=CC[C@@H](Cc1ccccc1)OC(C/C(O[Si](C)(C)C(C)(C)C)=C(\C)c1ccccc1)OC(C)=O. The molecule has 2 aromatic carbocycles. The number of carbonyl (C=O) groups is 1. The number of allylic oxidation sites excluding steroid dienone is 1. The van der Waals surface area contributed by atoms with Crippen LogP contribution in [-0.4, -0.2) is 26.7 Å². The molecule has 2 rings (SSSR count). The predicted octanol–water partition coefficient (Wildman–Crippen LogP) is 7.92. The van der Waals surface area contributed by atoms with E-state index in [4.69, 9.17) is 13.9 Å². The summed E-state index contributed by atoms with van der Waals surface area (Å²) in [6.45, 7) is 18.5. The lowest BCUT2D eigenvalue weighted by molar-refractivity contribution is -0.187. The molecule has 0 aromatic heterocycles. The Balaban J connectivity index is 2.40. The van der Waals surface area contributed by atoms with Gasteiger partial charge in [-0.15, -0.1) is 6.58 Å². The van der Waals surface area contributed by atoms with E-state index in [1.54, 1.807) is 0 Å². The average molecular weight is 495 g/mol. The van der Waals surface area contributed by atoms with E-state index in [1.165, 1.54) is 6.92 Å². The minimum atomic E-state index is -2.16. The fraction of sp³-hybridized carbons (Fsp3) is 0.433. The maximum absolute atomic E-state index is 12.0. The van der Waals surface area contributed by atoms with Crippen molar-refractivity contribution in [3.63, 3.8) is 0 Å². The van der Waals surface area contributed by atoms with Crippen molar-refractivity contribution in [3.05, 3.63) is 90.2 Å². The summed E-state index contributed by atoms with van der Waals surface area (Å²) in [5.74, 6) is 0.433. The van der Waals surface area contributed by atoms with Crippen LogP contribution in [-0.2, 0) is 25.1 Å². The van der Waals surface area contributed by atoms with Crippen LogP contribution >= 0.6 is 0 Å². The number of rotatable bonds is 12. The molecule has 0 aliphatic heterocycles. The molecular formula is C30H42O4Si. The summed E-state index contributed by atoms with van der Waals surface area (Å²) in [6, 6.07) is 20.4. The third kappa shape index (κ3) is 9.15. The molecule has 0 N–H and O–H groups in total. The van der Waals surface area contributed by atoms with Crippen LogP contribution < -0.4 is 0 Å². The molecule has 35 heavy (non-hydrogen) atoms. The van der Waals surface area contributed by atoms with E-state index < -0.39 is 14.6 Å². The van der Waals surface area contributed by atoms with Gasteiger partial charge in [0.05, 0.1) is 18.3 Å². The zero-order valence-electron chi connectivity index (χ0n) is 22.5. The van der Waals surface area contributed by atoms with Crippen LogP contribution in [0.15, 0.2) is 79.1 Å². The molecular weight excluding hydrogens is 452 g/mol. The van der Waals surface area contributed by atoms with Crippen molar-refractivity contribution in [1.29, 1.82) is 0 Å². The lowest BCUT2D eigenvalue weighted by Gasteiger charge is -2.38. The van der Waals surface area contributed by atoms with Gasteiger partial charge in [-0.25, -0.2) is 0 Å². The van der Waals surface area contributed by atoms with E-state index in [0.29, 0.717) is 19.3 Å². The first-order valence-corrected chi connectivity index (χ1v) is 15.3. The first kappa shape index (κ1) is 28.6. The highest BCUT2D eigenvalue weighted by Crippen LogP contribution is 2.40. The van der Waals surface area contributed by atoms with Crippen LogP contribution in [0, 0.1) is 0 Å². The number of carbonyl (C=O) groups excluding carboxylic acids is 1. The molecule has 0 saturated carbocycles. The van der Waals surface area contributed by atoms with Crippen LogP contribution in [0.3, 0.4) is 0 Å². The molecule has 2 atom stereocenters. The molecule has 2 aromatic rings. The Kier molecular flexibility index (Phi) is 10.5. The van der Waals surface area contributed by atoms with E-state index in [-0.39, 0.29) is 17.1 Å². The van der Waals surface area contributed by atoms with E-state index in [2.05, 4.69) is 71.6 Å². The van der Waals surface area contributed by atoms with Gasteiger partial charge < -0.3 is 13.9 Å². The molecule has 0 aliphatic rings. The Morgan fingerprint density at radius 3 is 2.09 bits per heavy atom. The minimum Gasteiger partial charge on any atom is -0.546 e. The highest BCUT2D eigenvalue weighted by atomic mass is 28.4. The quantitative estimate of drug-likeness (QED) is 0.0988. The van der Waals surface area contributed by atoms with Gasteiger partial charge in [0.2, 0.25) is 14.6 Å². The number of benzene rings is 2. The molecule has 4 nitrogen and oxygen atoms in total. The smallest absolute Gasteiger partial charge is 0.304 e. The molecule has 0 fully saturated rings. The number of ether oxygens (including phenoxy) is 2. The van der Waals surface area contributed by atoms with Gasteiger partial charge in [0.15, 0.2) is 0 Å². The fourth-order valence-electron chi connectivity index (χ4n) is 3.50. The summed E-state index contributed by atoms with van der Waals surface area (Å²) in [5, 5.41) is 0.0195. The first-order chi connectivity index (χ1) is 16.4. The van der Waals surface area contributed by atoms with Crippen molar-refractivity contribution >= 4 is 19.9 Å². The maximum atomic E-state index is 12.0. The number of hydrogen-bond acceptors (Lipinski definition) is 4. The third-order valence-corrected chi connectivity index (χ3v) is 10.9. The molecule has 0 bridgehead atoms. The van der Waals surface area contributed by atoms with Crippen LogP contribution in [0.1, 0.15) is 58.6 Å². The van der Waals surface area contributed by atoms with Crippen molar-refractivity contribution < 1.29 is 18.7 Å². The second kappa shape index (κ2) is 12.9. The van der Waals surface area contributed by atoms with Crippen molar-refractivity contribution in [3.8, 4) is 0 Å². The summed E-state index contributed by atoms with van der Waals surface area (Å²) in [7, 11) is -2.16. The van der Waals surface area contributed by atoms with Crippen molar-refractivity contribution in [2.45, 2.75) is 84.4 Å². The van der Waals surface area contributed by atoms with Gasteiger partial charge in [0.1, 0.15) is 0 Å². The lowest BCUT2D eigenvalue weighted by atomic mass is 10.0. The molecule has 0 amide bonds.